The Morgan fingerprint density at radius 1 is 0.968 bits per heavy atom. The molecule has 0 aliphatic rings. The van der Waals surface area contributed by atoms with Crippen LogP contribution in [0.15, 0.2) is 77.5 Å². The van der Waals surface area contributed by atoms with Gasteiger partial charge in [0.15, 0.2) is 5.82 Å². The summed E-state index contributed by atoms with van der Waals surface area (Å²) in [5.74, 6) is 0.687. The first kappa shape index (κ1) is 19.1. The van der Waals surface area contributed by atoms with Crippen LogP contribution in [-0.4, -0.2) is 26.0 Å². The van der Waals surface area contributed by atoms with E-state index < -0.39 is 0 Å². The summed E-state index contributed by atoms with van der Waals surface area (Å²) in [7, 11) is 0. The van der Waals surface area contributed by atoms with Gasteiger partial charge in [-0.05, 0) is 31.5 Å². The second-order valence-corrected chi connectivity index (χ2v) is 7.98. The van der Waals surface area contributed by atoms with Gasteiger partial charge in [0.1, 0.15) is 11.2 Å². The van der Waals surface area contributed by atoms with E-state index >= 15 is 0 Å². The molecular weight excluding hydrogens is 404 g/mol. The van der Waals surface area contributed by atoms with Crippen molar-refractivity contribution < 1.29 is 0 Å². The maximum atomic E-state index is 4.68. The van der Waals surface area contributed by atoms with Crippen molar-refractivity contribution in [3.8, 4) is 16.8 Å². The number of benzene rings is 2. The van der Waals surface area contributed by atoms with Crippen molar-refractivity contribution in [2.75, 3.05) is 5.43 Å². The fraction of sp³-hybridized carbons (Fsp3) is 0.0833. The fourth-order valence-electron chi connectivity index (χ4n) is 3.61. The lowest BCUT2D eigenvalue weighted by Crippen LogP contribution is -1.99. The van der Waals surface area contributed by atoms with Crippen LogP contribution in [0.3, 0.4) is 0 Å². The molecule has 152 valence electrons. The third kappa shape index (κ3) is 3.60. The Kier molecular flexibility index (Phi) is 5.01. The number of para-hydroxylation sites is 1. The Hall–Kier alpha value is -3.84. The molecule has 0 bridgehead atoms. The van der Waals surface area contributed by atoms with Crippen LogP contribution < -0.4 is 5.43 Å². The number of aryl methyl sites for hydroxylation is 1. The maximum Gasteiger partial charge on any atom is 0.159 e. The van der Waals surface area contributed by atoms with Crippen LogP contribution in [-0.2, 0) is 0 Å². The van der Waals surface area contributed by atoms with Crippen LogP contribution in [0.25, 0.3) is 27.0 Å². The highest BCUT2D eigenvalue weighted by Gasteiger charge is 2.13. The van der Waals surface area contributed by atoms with Crippen molar-refractivity contribution >= 4 is 33.6 Å². The monoisotopic (exact) mass is 424 g/mol. The first-order valence-corrected chi connectivity index (χ1v) is 10.8. The number of rotatable bonds is 5. The van der Waals surface area contributed by atoms with E-state index in [-0.39, 0.29) is 0 Å². The minimum absolute atomic E-state index is 0.687. The molecule has 3 aromatic heterocycles. The summed E-state index contributed by atoms with van der Waals surface area (Å²) in [5, 5.41) is 12.3. The molecule has 0 radical (unpaired) electrons. The van der Waals surface area contributed by atoms with Crippen LogP contribution >= 0.6 is 11.3 Å². The Labute approximate surface area is 183 Å². The Balaban J connectivity index is 1.47. The van der Waals surface area contributed by atoms with Crippen LogP contribution in [0.2, 0.25) is 0 Å². The highest BCUT2D eigenvalue weighted by molar-refractivity contribution is 7.17. The maximum absolute atomic E-state index is 4.68. The molecule has 6 nitrogen and oxygen atoms in total. The lowest BCUT2D eigenvalue weighted by Gasteiger charge is -2.05. The van der Waals surface area contributed by atoms with Crippen molar-refractivity contribution in [2.24, 2.45) is 5.10 Å². The number of anilines is 1. The van der Waals surface area contributed by atoms with Gasteiger partial charge in [-0.2, -0.15) is 10.2 Å². The van der Waals surface area contributed by atoms with Gasteiger partial charge < -0.3 is 0 Å². The number of aromatic nitrogens is 4. The summed E-state index contributed by atoms with van der Waals surface area (Å²) < 4.78 is 1.94. The summed E-state index contributed by atoms with van der Waals surface area (Å²) in [6.07, 6.45) is 3.37. The average Bonchev–Trinajstić information content (AvgIpc) is 3.37. The van der Waals surface area contributed by atoms with Crippen LogP contribution in [0.4, 0.5) is 5.82 Å². The molecule has 0 amide bonds. The molecule has 0 saturated heterocycles. The summed E-state index contributed by atoms with van der Waals surface area (Å²) >= 11 is 1.60. The predicted octanol–water partition coefficient (Wildman–Crippen LogP) is 5.61. The van der Waals surface area contributed by atoms with Gasteiger partial charge in [-0.3, -0.25) is 5.43 Å². The van der Waals surface area contributed by atoms with Gasteiger partial charge in [0.25, 0.3) is 0 Å². The molecule has 5 rings (SSSR count). The molecule has 2 aromatic carbocycles. The van der Waals surface area contributed by atoms with Gasteiger partial charge >= 0.3 is 0 Å². The quantitative estimate of drug-likeness (QED) is 0.294. The number of hydrogen-bond acceptors (Lipinski definition) is 6. The van der Waals surface area contributed by atoms with Crippen molar-refractivity contribution in [1.82, 2.24) is 19.7 Å². The number of hydrogen-bond donors (Lipinski definition) is 1. The minimum atomic E-state index is 0.687. The fourth-order valence-corrected chi connectivity index (χ4v) is 4.53. The van der Waals surface area contributed by atoms with Crippen molar-refractivity contribution in [2.45, 2.75) is 13.8 Å². The number of thiophene rings is 1. The van der Waals surface area contributed by atoms with E-state index in [0.717, 1.165) is 44.0 Å². The Morgan fingerprint density at radius 2 is 1.71 bits per heavy atom. The van der Waals surface area contributed by atoms with E-state index in [9.17, 15) is 0 Å². The Bertz CT molecular complexity index is 1370. The molecule has 5 aromatic rings. The average molecular weight is 425 g/mol. The molecule has 3 heterocycles. The van der Waals surface area contributed by atoms with Crippen LogP contribution in [0.1, 0.15) is 17.0 Å². The molecule has 0 fully saturated rings. The normalized spacial score (nSPS) is 11.4. The topological polar surface area (TPSA) is 68.0 Å². The summed E-state index contributed by atoms with van der Waals surface area (Å²) in [6, 6.07) is 20.3. The third-order valence-electron chi connectivity index (χ3n) is 5.17. The first-order chi connectivity index (χ1) is 15.2. The van der Waals surface area contributed by atoms with E-state index in [1.165, 1.54) is 0 Å². The van der Waals surface area contributed by atoms with E-state index in [0.29, 0.717) is 5.82 Å². The number of hydrazone groups is 1. The van der Waals surface area contributed by atoms with Gasteiger partial charge in [-0.15, -0.1) is 11.3 Å². The van der Waals surface area contributed by atoms with E-state index in [1.807, 2.05) is 67.1 Å². The highest BCUT2D eigenvalue weighted by Crippen LogP contribution is 2.36. The van der Waals surface area contributed by atoms with Crippen LogP contribution in [0, 0.1) is 13.8 Å². The van der Waals surface area contributed by atoms with Gasteiger partial charge in [-0.1, -0.05) is 48.5 Å². The molecule has 1 N–H and O–H groups in total. The lowest BCUT2D eigenvalue weighted by atomic mass is 10.1. The third-order valence-corrected chi connectivity index (χ3v) is 6.05. The number of nitrogens with one attached hydrogen (secondary N) is 1. The molecule has 0 saturated carbocycles. The largest absolute Gasteiger partial charge is 0.261 e. The van der Waals surface area contributed by atoms with Gasteiger partial charge in [-0.25, -0.2) is 14.6 Å². The molecule has 0 atom stereocenters. The van der Waals surface area contributed by atoms with Crippen molar-refractivity contribution in [3.05, 3.63) is 89.3 Å². The van der Waals surface area contributed by atoms with Crippen molar-refractivity contribution in [1.29, 1.82) is 0 Å². The van der Waals surface area contributed by atoms with Crippen LogP contribution in [0.5, 0.6) is 0 Å². The number of nitrogens with zero attached hydrogens (tertiary/aromatic N) is 5. The van der Waals surface area contributed by atoms with E-state index in [2.05, 4.69) is 43.1 Å². The summed E-state index contributed by atoms with van der Waals surface area (Å²) in [5.41, 5.74) is 9.31. The van der Waals surface area contributed by atoms with Crippen molar-refractivity contribution in [3.63, 3.8) is 0 Å². The minimum Gasteiger partial charge on any atom is -0.261 e. The molecule has 0 aliphatic heterocycles. The van der Waals surface area contributed by atoms with E-state index in [1.54, 1.807) is 23.9 Å². The predicted molar refractivity (Wildman–Crippen MR) is 127 cm³/mol. The molecule has 0 aliphatic carbocycles. The second kappa shape index (κ2) is 8.12. The molecule has 0 unspecified atom stereocenters. The zero-order valence-electron chi connectivity index (χ0n) is 17.1. The SMILES string of the molecule is Cc1nn(-c2ccccc2)c(C)c1C=NNc1ncnc2scc(-c3ccccc3)c12. The number of fused-ring (bicyclic) bond motifs is 1. The van der Waals surface area contributed by atoms with Gasteiger partial charge in [0.2, 0.25) is 0 Å². The smallest absolute Gasteiger partial charge is 0.159 e. The summed E-state index contributed by atoms with van der Waals surface area (Å²) in [6.45, 7) is 4.03. The Morgan fingerprint density at radius 3 is 2.48 bits per heavy atom. The van der Waals surface area contributed by atoms with E-state index in [4.69, 9.17) is 0 Å². The zero-order chi connectivity index (χ0) is 21.2. The molecule has 31 heavy (non-hydrogen) atoms. The zero-order valence-corrected chi connectivity index (χ0v) is 18.0. The summed E-state index contributed by atoms with van der Waals surface area (Å²) in [4.78, 5) is 9.79. The molecule has 7 heteroatoms. The van der Waals surface area contributed by atoms with Gasteiger partial charge in [0, 0.05) is 16.5 Å². The van der Waals surface area contributed by atoms with Gasteiger partial charge in [0.05, 0.1) is 28.7 Å². The second-order valence-electron chi connectivity index (χ2n) is 7.12. The molecule has 0 spiro atoms. The standard InChI is InChI=1S/C24H20N6S/c1-16-20(17(2)30(29-16)19-11-7-4-8-12-19)13-27-28-23-22-21(18-9-5-3-6-10-18)14-31-24(22)26-15-25-23/h3-15H,1-2H3,(H,25,26,28). The first-order valence-electron chi connectivity index (χ1n) is 9.90. The highest BCUT2D eigenvalue weighted by atomic mass is 32.1. The molecular formula is C24H20N6S. The lowest BCUT2D eigenvalue weighted by molar-refractivity contribution is 0.833.